The fourth-order valence-electron chi connectivity index (χ4n) is 3.71. The summed E-state index contributed by atoms with van der Waals surface area (Å²) >= 11 is 6.06. The van der Waals surface area contributed by atoms with Crippen molar-refractivity contribution in [3.8, 4) is 0 Å². The Balaban J connectivity index is 2.19. The van der Waals surface area contributed by atoms with E-state index in [0.29, 0.717) is 16.3 Å². The van der Waals surface area contributed by atoms with Gasteiger partial charge in [0.1, 0.15) is 0 Å². The van der Waals surface area contributed by atoms with Gasteiger partial charge in [-0.25, -0.2) is 4.79 Å². The third-order valence-electron chi connectivity index (χ3n) is 5.22. The first-order valence-corrected chi connectivity index (χ1v) is 9.91. The molecule has 0 amide bonds. The first-order chi connectivity index (χ1) is 14.3. The summed E-state index contributed by atoms with van der Waals surface area (Å²) in [6.07, 6.45) is 1.81. The van der Waals surface area contributed by atoms with Crippen molar-refractivity contribution in [3.63, 3.8) is 0 Å². The predicted octanol–water partition coefficient (Wildman–Crippen LogP) is 5.02. The maximum absolute atomic E-state index is 12.9. The molecule has 0 bridgehead atoms. The van der Waals surface area contributed by atoms with E-state index in [2.05, 4.69) is 5.32 Å². The Labute approximate surface area is 181 Å². The minimum Gasteiger partial charge on any atom is -0.469 e. The molecule has 1 N–H and O–H groups in total. The summed E-state index contributed by atoms with van der Waals surface area (Å²) in [5, 5.41) is 3.88. The highest BCUT2D eigenvalue weighted by Gasteiger charge is 2.41. The van der Waals surface area contributed by atoms with Crippen LogP contribution in [0.15, 0.2) is 71.5 Å². The first-order valence-electron chi connectivity index (χ1n) is 9.53. The van der Waals surface area contributed by atoms with Crippen LogP contribution in [0, 0.1) is 12.8 Å². The van der Waals surface area contributed by atoms with Crippen LogP contribution in [0.5, 0.6) is 0 Å². The van der Waals surface area contributed by atoms with Gasteiger partial charge in [-0.1, -0.05) is 47.0 Å². The number of hydrogen-bond donors (Lipinski definition) is 1. The number of rotatable bonds is 5. The van der Waals surface area contributed by atoms with Gasteiger partial charge in [0.05, 0.1) is 25.7 Å². The van der Waals surface area contributed by atoms with Gasteiger partial charge >= 0.3 is 11.9 Å². The monoisotopic (exact) mass is 425 g/mol. The molecule has 0 saturated heterocycles. The molecule has 0 unspecified atom stereocenters. The molecule has 2 atom stereocenters. The minimum absolute atomic E-state index is 0.362. The molecule has 2 aromatic rings. The summed E-state index contributed by atoms with van der Waals surface area (Å²) in [5.41, 5.74) is 4.45. The normalized spacial score (nSPS) is 18.5. The quantitative estimate of drug-likeness (QED) is 0.681. The summed E-state index contributed by atoms with van der Waals surface area (Å²) in [6.45, 7) is 3.86. The fourth-order valence-corrected chi connectivity index (χ4v) is 3.84. The zero-order chi connectivity index (χ0) is 21.8. The summed E-state index contributed by atoms with van der Waals surface area (Å²) in [6, 6.07) is 14.9. The van der Waals surface area contributed by atoms with Crippen LogP contribution >= 0.6 is 11.6 Å². The number of carbonyl (C=O) groups excluding carboxylic acids is 2. The molecule has 0 aliphatic heterocycles. The van der Waals surface area contributed by atoms with Gasteiger partial charge in [0.15, 0.2) is 0 Å². The Morgan fingerprint density at radius 2 is 1.57 bits per heavy atom. The van der Waals surface area contributed by atoms with Crippen molar-refractivity contribution in [2.24, 2.45) is 5.92 Å². The summed E-state index contributed by atoms with van der Waals surface area (Å²) in [5.74, 6) is -2.17. The number of allylic oxidation sites excluding steroid dienone is 1. The predicted molar refractivity (Wildman–Crippen MR) is 117 cm³/mol. The number of anilines is 1. The smallest absolute Gasteiger partial charge is 0.336 e. The molecule has 0 spiro atoms. The van der Waals surface area contributed by atoms with Crippen LogP contribution in [-0.4, -0.2) is 26.2 Å². The second kappa shape index (κ2) is 9.18. The maximum atomic E-state index is 12.9. The number of esters is 2. The van der Waals surface area contributed by atoms with Crippen molar-refractivity contribution in [2.45, 2.75) is 19.8 Å². The maximum Gasteiger partial charge on any atom is 0.336 e. The highest BCUT2D eigenvalue weighted by Crippen LogP contribution is 2.43. The third-order valence-corrected chi connectivity index (χ3v) is 5.47. The van der Waals surface area contributed by atoms with E-state index in [4.69, 9.17) is 21.1 Å². The number of benzene rings is 2. The van der Waals surface area contributed by atoms with Crippen molar-refractivity contribution >= 4 is 29.2 Å². The van der Waals surface area contributed by atoms with Crippen molar-refractivity contribution in [1.29, 1.82) is 0 Å². The lowest BCUT2D eigenvalue weighted by Gasteiger charge is -2.33. The van der Waals surface area contributed by atoms with E-state index in [1.54, 1.807) is 18.2 Å². The van der Waals surface area contributed by atoms with E-state index in [9.17, 15) is 9.59 Å². The van der Waals surface area contributed by atoms with Gasteiger partial charge < -0.3 is 14.8 Å². The molecule has 0 fully saturated rings. The van der Waals surface area contributed by atoms with Gasteiger partial charge in [0, 0.05) is 22.3 Å². The number of aryl methyl sites for hydroxylation is 1. The molecule has 6 heteroatoms. The standard InChI is InChI=1S/C24H24ClNO4/c1-14-5-11-18(12-6-14)26-19-13-15(2)20(23(27)29-3)21(22(19)24(28)30-4)16-7-9-17(25)10-8-16/h5-13,20-21,26H,1-4H3/t20-,21-/m1/s1. The van der Waals surface area contributed by atoms with Gasteiger partial charge in [-0.2, -0.15) is 0 Å². The van der Waals surface area contributed by atoms with Gasteiger partial charge in [0.2, 0.25) is 0 Å². The van der Waals surface area contributed by atoms with E-state index in [1.807, 2.05) is 50.2 Å². The molecular formula is C24H24ClNO4. The molecule has 3 rings (SSSR count). The lowest BCUT2D eigenvalue weighted by molar-refractivity contribution is -0.144. The van der Waals surface area contributed by atoms with Gasteiger partial charge in [-0.3, -0.25) is 4.79 Å². The minimum atomic E-state index is -0.658. The molecular weight excluding hydrogens is 402 g/mol. The third kappa shape index (κ3) is 4.41. The number of ether oxygens (including phenoxy) is 2. The van der Waals surface area contributed by atoms with E-state index in [1.165, 1.54) is 14.2 Å². The van der Waals surface area contributed by atoms with Crippen LogP contribution in [0.4, 0.5) is 5.69 Å². The molecule has 0 aromatic heterocycles. The Hall–Kier alpha value is -3.05. The number of methoxy groups -OCH3 is 2. The molecule has 30 heavy (non-hydrogen) atoms. The molecule has 2 aromatic carbocycles. The summed E-state index contributed by atoms with van der Waals surface area (Å²) in [4.78, 5) is 25.6. The lowest BCUT2D eigenvalue weighted by Crippen LogP contribution is -2.33. The highest BCUT2D eigenvalue weighted by atomic mass is 35.5. The lowest BCUT2D eigenvalue weighted by atomic mass is 9.73. The van der Waals surface area contributed by atoms with E-state index >= 15 is 0 Å². The first kappa shape index (κ1) is 21.7. The van der Waals surface area contributed by atoms with Crippen LogP contribution in [0.1, 0.15) is 24.0 Å². The fraction of sp³-hybridized carbons (Fsp3) is 0.250. The van der Waals surface area contributed by atoms with Gasteiger partial charge in [-0.15, -0.1) is 0 Å². The molecule has 0 saturated carbocycles. The van der Waals surface area contributed by atoms with E-state index in [0.717, 1.165) is 22.4 Å². The second-order valence-corrected chi connectivity index (χ2v) is 7.66. The van der Waals surface area contributed by atoms with Crippen molar-refractivity contribution in [3.05, 3.63) is 87.6 Å². The Bertz CT molecular complexity index is 1010. The molecule has 0 radical (unpaired) electrons. The van der Waals surface area contributed by atoms with Gasteiger partial charge in [-0.05, 0) is 49.8 Å². The van der Waals surface area contributed by atoms with Crippen LogP contribution < -0.4 is 5.32 Å². The average molecular weight is 426 g/mol. The molecule has 1 aliphatic rings. The number of hydrogen-bond acceptors (Lipinski definition) is 5. The highest BCUT2D eigenvalue weighted by molar-refractivity contribution is 6.30. The molecule has 156 valence electrons. The van der Waals surface area contributed by atoms with Crippen molar-refractivity contribution < 1.29 is 19.1 Å². The number of carbonyl (C=O) groups is 2. The zero-order valence-electron chi connectivity index (χ0n) is 17.4. The van der Waals surface area contributed by atoms with Crippen LogP contribution in [0.25, 0.3) is 0 Å². The van der Waals surface area contributed by atoms with E-state index < -0.39 is 23.8 Å². The van der Waals surface area contributed by atoms with Crippen LogP contribution in [-0.2, 0) is 19.1 Å². The van der Waals surface area contributed by atoms with Crippen LogP contribution in [0.3, 0.4) is 0 Å². The number of halogens is 1. The summed E-state index contributed by atoms with van der Waals surface area (Å²) < 4.78 is 10.2. The zero-order valence-corrected chi connectivity index (χ0v) is 18.1. The Morgan fingerprint density at radius 1 is 0.933 bits per heavy atom. The second-order valence-electron chi connectivity index (χ2n) is 7.23. The largest absolute Gasteiger partial charge is 0.469 e. The summed E-state index contributed by atoms with van der Waals surface area (Å²) in [7, 11) is 2.67. The van der Waals surface area contributed by atoms with Crippen molar-refractivity contribution in [2.75, 3.05) is 19.5 Å². The van der Waals surface area contributed by atoms with Crippen LogP contribution in [0.2, 0.25) is 5.02 Å². The average Bonchev–Trinajstić information content (AvgIpc) is 2.74. The Morgan fingerprint density at radius 3 is 2.13 bits per heavy atom. The van der Waals surface area contributed by atoms with Gasteiger partial charge in [0.25, 0.3) is 0 Å². The Kier molecular flexibility index (Phi) is 6.63. The molecule has 5 nitrogen and oxygen atoms in total. The van der Waals surface area contributed by atoms with Crippen molar-refractivity contribution in [1.82, 2.24) is 0 Å². The van der Waals surface area contributed by atoms with E-state index in [-0.39, 0.29) is 0 Å². The topological polar surface area (TPSA) is 64.6 Å². The number of nitrogens with one attached hydrogen (secondary N) is 1. The molecule has 0 heterocycles. The SMILES string of the molecule is COC(=O)C1=C(Nc2ccc(C)cc2)C=C(C)[C@@H](C(=O)OC)[C@H]1c1ccc(Cl)cc1. The molecule has 1 aliphatic carbocycles.